The second-order valence-electron chi connectivity index (χ2n) is 4.20. The van der Waals surface area contributed by atoms with Gasteiger partial charge in [0.15, 0.2) is 5.03 Å². The topological polar surface area (TPSA) is 59.3 Å². The van der Waals surface area contributed by atoms with Crippen LogP contribution in [0, 0.1) is 10.1 Å². The number of hydrogen-bond acceptors (Lipinski definition) is 5. The molecule has 0 aliphatic carbocycles. The molecule has 0 N–H and O–H groups in total. The molecule has 0 unspecified atom stereocenters. The van der Waals surface area contributed by atoms with Gasteiger partial charge in [0.25, 0.3) is 0 Å². The fraction of sp³-hybridized carbons (Fsp3) is 0.154. The van der Waals surface area contributed by atoms with Crippen LogP contribution in [0.5, 0.6) is 0 Å². The van der Waals surface area contributed by atoms with Crippen molar-refractivity contribution in [3.63, 3.8) is 0 Å². The molecule has 0 radical (unpaired) electrons. The lowest BCUT2D eigenvalue weighted by Crippen LogP contribution is -2.11. The third-order valence-electron chi connectivity index (χ3n) is 2.51. The molecule has 0 aliphatic rings. The lowest BCUT2D eigenvalue weighted by molar-refractivity contribution is -0.388. The van der Waals surface area contributed by atoms with E-state index in [2.05, 4.69) is 4.98 Å². The number of pyridine rings is 1. The number of nitro groups is 1. The monoisotopic (exact) mass is 309 g/mol. The number of halogens is 1. The molecular weight excluding hydrogens is 298 g/mol. The van der Waals surface area contributed by atoms with Crippen LogP contribution >= 0.6 is 23.4 Å². The van der Waals surface area contributed by atoms with E-state index in [-0.39, 0.29) is 5.69 Å². The van der Waals surface area contributed by atoms with Crippen molar-refractivity contribution in [1.82, 2.24) is 4.98 Å². The molecule has 0 spiro atoms. The first kappa shape index (κ1) is 14.6. The molecule has 2 rings (SSSR count). The van der Waals surface area contributed by atoms with Crippen molar-refractivity contribution in [3.8, 4) is 0 Å². The highest BCUT2D eigenvalue weighted by Crippen LogP contribution is 2.34. The Kier molecular flexibility index (Phi) is 4.46. The summed E-state index contributed by atoms with van der Waals surface area (Å²) in [6, 6.07) is 10.2. The lowest BCUT2D eigenvalue weighted by atomic mass is 10.4. The third-order valence-corrected chi connectivity index (χ3v) is 3.76. The van der Waals surface area contributed by atoms with E-state index in [9.17, 15) is 10.1 Å². The second-order valence-corrected chi connectivity index (χ2v) is 5.70. The van der Waals surface area contributed by atoms with Crippen molar-refractivity contribution in [1.29, 1.82) is 0 Å². The van der Waals surface area contributed by atoms with Gasteiger partial charge in [0.05, 0.1) is 4.92 Å². The highest BCUT2D eigenvalue weighted by Gasteiger charge is 2.17. The molecular formula is C13H12ClN3O2S. The molecule has 0 aliphatic heterocycles. The van der Waals surface area contributed by atoms with Crippen molar-refractivity contribution < 1.29 is 4.92 Å². The molecule has 1 aromatic carbocycles. The zero-order valence-electron chi connectivity index (χ0n) is 10.9. The maximum Gasteiger partial charge on any atom is 0.301 e. The summed E-state index contributed by atoms with van der Waals surface area (Å²) in [7, 11) is 3.68. The van der Waals surface area contributed by atoms with Gasteiger partial charge in [-0.1, -0.05) is 23.4 Å². The Morgan fingerprint density at radius 3 is 2.40 bits per heavy atom. The van der Waals surface area contributed by atoms with Gasteiger partial charge in [-0.25, -0.2) is 4.98 Å². The smallest absolute Gasteiger partial charge is 0.301 e. The number of aromatic nitrogens is 1. The Hall–Kier alpha value is -1.79. The van der Waals surface area contributed by atoms with Gasteiger partial charge in [-0.05, 0) is 30.3 Å². The summed E-state index contributed by atoms with van der Waals surface area (Å²) in [5.74, 6) is 0.673. The molecule has 0 bridgehead atoms. The minimum absolute atomic E-state index is 0.00412. The number of benzene rings is 1. The van der Waals surface area contributed by atoms with Crippen LogP contribution in [-0.4, -0.2) is 24.0 Å². The van der Waals surface area contributed by atoms with Gasteiger partial charge in [0.1, 0.15) is 5.82 Å². The minimum Gasteiger partial charge on any atom is -0.363 e. The predicted octanol–water partition coefficient (Wildman–Crippen LogP) is 3.86. The highest BCUT2D eigenvalue weighted by molar-refractivity contribution is 7.99. The fourth-order valence-corrected chi connectivity index (χ4v) is 2.51. The normalized spacial score (nSPS) is 10.3. The third kappa shape index (κ3) is 3.40. The molecule has 1 heterocycles. The highest BCUT2D eigenvalue weighted by atomic mass is 35.5. The average molecular weight is 310 g/mol. The molecule has 1 aromatic heterocycles. The summed E-state index contributed by atoms with van der Waals surface area (Å²) in [5.41, 5.74) is -0.00412. The predicted molar refractivity (Wildman–Crippen MR) is 80.8 cm³/mol. The number of hydrogen-bond donors (Lipinski definition) is 0. The van der Waals surface area contributed by atoms with Crippen LogP contribution in [0.15, 0.2) is 46.3 Å². The summed E-state index contributed by atoms with van der Waals surface area (Å²) >= 11 is 7.07. The van der Waals surface area contributed by atoms with Crippen LogP contribution in [0.1, 0.15) is 0 Å². The van der Waals surface area contributed by atoms with Crippen LogP contribution in [0.4, 0.5) is 11.5 Å². The first-order valence-corrected chi connectivity index (χ1v) is 6.93. The van der Waals surface area contributed by atoms with E-state index in [1.165, 1.54) is 17.8 Å². The molecule has 0 saturated heterocycles. The Labute approximate surface area is 125 Å². The second kappa shape index (κ2) is 6.11. The average Bonchev–Trinajstić information content (AvgIpc) is 2.41. The number of anilines is 1. The Bertz CT molecular complexity index is 632. The van der Waals surface area contributed by atoms with Gasteiger partial charge >= 0.3 is 5.69 Å². The summed E-state index contributed by atoms with van der Waals surface area (Å²) < 4.78 is 0. The molecule has 0 amide bonds. The van der Waals surface area contributed by atoms with E-state index in [1.807, 2.05) is 14.1 Å². The largest absolute Gasteiger partial charge is 0.363 e. The van der Waals surface area contributed by atoms with Crippen molar-refractivity contribution in [3.05, 3.63) is 51.5 Å². The van der Waals surface area contributed by atoms with Gasteiger partial charge in [-0.2, -0.15) is 0 Å². The minimum atomic E-state index is -0.426. The van der Waals surface area contributed by atoms with Crippen molar-refractivity contribution in [2.45, 2.75) is 9.92 Å². The van der Waals surface area contributed by atoms with Gasteiger partial charge < -0.3 is 4.90 Å². The molecule has 20 heavy (non-hydrogen) atoms. The first-order chi connectivity index (χ1) is 9.47. The number of rotatable bonds is 4. The van der Waals surface area contributed by atoms with E-state index < -0.39 is 4.92 Å². The van der Waals surface area contributed by atoms with Gasteiger partial charge in [0.2, 0.25) is 0 Å². The molecule has 5 nitrogen and oxygen atoms in total. The standard InChI is InChI=1S/C13H12ClN3O2S/c1-16(2)12-8-7-11(17(18)19)13(15-12)20-10-5-3-9(14)4-6-10/h3-8H,1-2H3. The van der Waals surface area contributed by atoms with E-state index in [4.69, 9.17) is 11.6 Å². The van der Waals surface area contributed by atoms with Crippen LogP contribution in [-0.2, 0) is 0 Å². The van der Waals surface area contributed by atoms with Crippen molar-refractivity contribution in [2.75, 3.05) is 19.0 Å². The zero-order chi connectivity index (χ0) is 14.7. The summed E-state index contributed by atoms with van der Waals surface area (Å²) in [4.78, 5) is 17.6. The summed E-state index contributed by atoms with van der Waals surface area (Å²) in [6.07, 6.45) is 0. The van der Waals surface area contributed by atoms with Gasteiger partial charge in [0, 0.05) is 30.1 Å². The van der Waals surface area contributed by atoms with Gasteiger partial charge in [-0.15, -0.1) is 0 Å². The van der Waals surface area contributed by atoms with E-state index in [0.717, 1.165) is 4.90 Å². The van der Waals surface area contributed by atoms with Crippen molar-refractivity contribution in [2.24, 2.45) is 0 Å². The molecule has 2 aromatic rings. The molecule has 0 fully saturated rings. The SMILES string of the molecule is CN(C)c1ccc([N+](=O)[O-])c(Sc2ccc(Cl)cc2)n1. The maximum absolute atomic E-state index is 11.1. The van der Waals surface area contributed by atoms with Crippen LogP contribution in [0.25, 0.3) is 0 Å². The molecule has 7 heteroatoms. The maximum atomic E-state index is 11.1. The first-order valence-electron chi connectivity index (χ1n) is 5.73. The quantitative estimate of drug-likeness (QED) is 0.634. The van der Waals surface area contributed by atoms with Crippen molar-refractivity contribution >= 4 is 34.9 Å². The fourth-order valence-electron chi connectivity index (χ4n) is 1.50. The van der Waals surface area contributed by atoms with E-state index in [0.29, 0.717) is 15.9 Å². The molecule has 0 atom stereocenters. The number of nitrogens with zero attached hydrogens (tertiary/aromatic N) is 3. The molecule has 0 saturated carbocycles. The van der Waals surface area contributed by atoms with Crippen LogP contribution in [0.3, 0.4) is 0 Å². The Morgan fingerprint density at radius 2 is 1.85 bits per heavy atom. The Balaban J connectivity index is 2.39. The lowest BCUT2D eigenvalue weighted by Gasteiger charge is -2.12. The Morgan fingerprint density at radius 1 is 1.20 bits per heavy atom. The zero-order valence-corrected chi connectivity index (χ0v) is 12.5. The van der Waals surface area contributed by atoms with Crippen LogP contribution in [0.2, 0.25) is 5.02 Å². The van der Waals surface area contributed by atoms with Gasteiger partial charge in [-0.3, -0.25) is 10.1 Å². The van der Waals surface area contributed by atoms with E-state index >= 15 is 0 Å². The summed E-state index contributed by atoms with van der Waals surface area (Å²) in [6.45, 7) is 0. The van der Waals surface area contributed by atoms with Crippen LogP contribution < -0.4 is 4.90 Å². The molecule has 104 valence electrons. The van der Waals surface area contributed by atoms with E-state index in [1.54, 1.807) is 35.2 Å². The summed E-state index contributed by atoms with van der Waals surface area (Å²) in [5, 5.41) is 12.1.